The van der Waals surface area contributed by atoms with Crippen molar-refractivity contribution in [1.29, 1.82) is 0 Å². The molecular formula is C56H50Cu2I2NO2P3. The maximum atomic E-state index is 5.28. The van der Waals surface area contributed by atoms with Gasteiger partial charge in [-0.25, -0.2) is 0 Å². The summed E-state index contributed by atoms with van der Waals surface area (Å²) in [6.45, 7) is 2.10. The summed E-state index contributed by atoms with van der Waals surface area (Å²) in [6, 6.07) is 85.4. The van der Waals surface area contributed by atoms with E-state index in [1.54, 1.807) is 54.9 Å². The van der Waals surface area contributed by atoms with Crippen LogP contribution in [0.3, 0.4) is 0 Å². The molecule has 8 aromatic carbocycles. The van der Waals surface area contributed by atoms with Crippen LogP contribution in [0.1, 0.15) is 5.56 Å². The Morgan fingerprint density at radius 3 is 0.803 bits per heavy atom. The van der Waals surface area contributed by atoms with Crippen molar-refractivity contribution in [2.24, 2.45) is 0 Å². The van der Waals surface area contributed by atoms with Crippen LogP contribution in [-0.4, -0.2) is 19.2 Å². The maximum absolute atomic E-state index is 5.28. The van der Waals surface area contributed by atoms with Gasteiger partial charge in [-0.2, -0.15) is 0 Å². The largest absolute Gasteiger partial charge is 0.0622 e. The molecule has 3 nitrogen and oxygen atoms in total. The summed E-state index contributed by atoms with van der Waals surface area (Å²) in [7, 11) is 1.76. The van der Waals surface area contributed by atoms with E-state index in [9.17, 15) is 0 Å². The van der Waals surface area contributed by atoms with E-state index < -0.39 is 23.8 Å². The number of hydrogen-bond donors (Lipinski definition) is 0. The zero-order valence-corrected chi connectivity index (χ0v) is 45.5. The maximum Gasteiger partial charge on any atom is -0.0134 e. The van der Waals surface area contributed by atoms with Crippen molar-refractivity contribution < 1.29 is 35.0 Å². The van der Waals surface area contributed by atoms with Gasteiger partial charge in [-0.05, 0) is 107 Å². The second-order valence-electron chi connectivity index (χ2n) is 14.1. The molecule has 9 rings (SSSR count). The minimum Gasteiger partial charge on any atom is -0.0622 e. The average molecular weight is 1240 g/mol. The van der Waals surface area contributed by atoms with E-state index in [2.05, 4.69) is 250 Å². The summed E-state index contributed by atoms with van der Waals surface area (Å²) in [4.78, 5) is 4.64. The Bertz CT molecular complexity index is 2310. The number of hydrogen-bond acceptors (Lipinski definition) is 3. The van der Waals surface area contributed by atoms with Gasteiger partial charge in [0.15, 0.2) is 0 Å². The molecule has 0 bridgehead atoms. The SMILES string of the molecule is COc1ccc(P(c2ccc(OC)cc2)c2cc(C)ccn2)cc1.[Cu][I].[Cu][I].c1ccc(P(c2ccccc2)c2ccccc2)cc1.c1ccc(P(c2ccccc2)c2ccccc2)cc1. The van der Waals surface area contributed by atoms with E-state index in [1.165, 1.54) is 48.0 Å². The van der Waals surface area contributed by atoms with Gasteiger partial charge >= 0.3 is 66.2 Å². The Kier molecular flexibility index (Phi) is 24.7. The third kappa shape index (κ3) is 16.2. The Labute approximate surface area is 435 Å². The quantitative estimate of drug-likeness (QED) is 0.0735. The summed E-state index contributed by atoms with van der Waals surface area (Å²) in [6.07, 6.45) is 1.88. The molecule has 0 atom stereocenters. The number of halogens is 2. The zero-order chi connectivity index (χ0) is 46.8. The van der Waals surface area contributed by atoms with Crippen LogP contribution in [0.15, 0.2) is 249 Å². The number of methoxy groups -OCH3 is 2. The van der Waals surface area contributed by atoms with Crippen molar-refractivity contribution in [1.82, 2.24) is 4.98 Å². The number of pyridine rings is 1. The van der Waals surface area contributed by atoms with Gasteiger partial charge in [0, 0.05) is 14.1 Å². The van der Waals surface area contributed by atoms with Crippen molar-refractivity contribution in [2.45, 2.75) is 6.92 Å². The average Bonchev–Trinajstić information content (AvgIpc) is 3.40. The van der Waals surface area contributed by atoms with Gasteiger partial charge in [-0.1, -0.05) is 206 Å². The molecule has 0 radical (unpaired) electrons. The molecule has 342 valence electrons. The van der Waals surface area contributed by atoms with Gasteiger partial charge in [-0.3, -0.25) is 4.98 Å². The number of aromatic nitrogens is 1. The van der Waals surface area contributed by atoms with Crippen LogP contribution in [0.5, 0.6) is 11.5 Å². The van der Waals surface area contributed by atoms with Crippen LogP contribution in [-0.2, 0) is 25.5 Å². The first-order valence-electron chi connectivity index (χ1n) is 20.8. The molecule has 0 aliphatic heterocycles. The minimum absolute atomic E-state index is 0.446. The number of nitrogens with zero attached hydrogens (tertiary/aromatic N) is 1. The third-order valence-electron chi connectivity index (χ3n) is 9.88. The number of rotatable bonds is 11. The summed E-state index contributed by atoms with van der Waals surface area (Å²) in [5, 5.41) is 10.9. The summed E-state index contributed by atoms with van der Waals surface area (Å²) < 4.78 is 10.6. The Morgan fingerprint density at radius 2 is 0.576 bits per heavy atom. The molecule has 9 aromatic rings. The molecule has 0 aliphatic carbocycles. The second-order valence-corrected chi connectivity index (χ2v) is 20.7. The van der Waals surface area contributed by atoms with Gasteiger partial charge in [0.25, 0.3) is 0 Å². The van der Waals surface area contributed by atoms with E-state index in [1.807, 2.05) is 36.5 Å². The van der Waals surface area contributed by atoms with E-state index >= 15 is 0 Å². The van der Waals surface area contributed by atoms with Crippen LogP contribution in [0.25, 0.3) is 0 Å². The Balaban J connectivity index is 0.000000180. The minimum atomic E-state index is -0.719. The monoisotopic (exact) mass is 1240 g/mol. The molecule has 10 heteroatoms. The predicted molar refractivity (Wildman–Crippen MR) is 299 cm³/mol. The van der Waals surface area contributed by atoms with Crippen LogP contribution >= 0.6 is 64.5 Å². The van der Waals surface area contributed by atoms with Crippen LogP contribution in [0.4, 0.5) is 0 Å². The zero-order valence-electron chi connectivity index (χ0n) is 36.6. The molecule has 1 aromatic heterocycles. The Hall–Kier alpha value is -3.70. The summed E-state index contributed by atoms with van der Waals surface area (Å²) in [5.74, 6) is 1.72. The molecule has 0 unspecified atom stereocenters. The second kappa shape index (κ2) is 30.6. The van der Waals surface area contributed by atoms with Gasteiger partial charge in [-0.15, -0.1) is 0 Å². The molecule has 1 heterocycles. The number of ether oxygens (including phenoxy) is 2. The van der Waals surface area contributed by atoms with E-state index in [0.29, 0.717) is 0 Å². The first kappa shape index (κ1) is 53.3. The fraction of sp³-hybridized carbons (Fsp3) is 0.0536. The summed E-state index contributed by atoms with van der Waals surface area (Å²) >= 11 is 11.7. The molecular weight excluding hydrogens is 1190 g/mol. The van der Waals surface area contributed by atoms with Crippen LogP contribution < -0.4 is 57.3 Å². The van der Waals surface area contributed by atoms with Gasteiger partial charge in [0.05, 0.1) is 19.7 Å². The van der Waals surface area contributed by atoms with Crippen LogP contribution in [0.2, 0.25) is 0 Å². The molecule has 66 heavy (non-hydrogen) atoms. The van der Waals surface area contributed by atoms with Gasteiger partial charge in [0.1, 0.15) is 11.5 Å². The van der Waals surface area contributed by atoms with E-state index in [-0.39, 0.29) is 0 Å². The van der Waals surface area contributed by atoms with Crippen molar-refractivity contribution in [3.63, 3.8) is 0 Å². The predicted octanol–water partition coefficient (Wildman–Crippen LogP) is 11.8. The fourth-order valence-corrected chi connectivity index (χ4v) is 13.7. The molecule has 0 saturated heterocycles. The molecule has 0 N–H and O–H groups in total. The molecule has 0 amide bonds. The number of benzene rings is 8. The van der Waals surface area contributed by atoms with Crippen LogP contribution in [0, 0.1) is 6.92 Å². The Morgan fingerprint density at radius 1 is 0.333 bits per heavy atom. The van der Waals surface area contributed by atoms with Crippen molar-refractivity contribution in [3.05, 3.63) is 254 Å². The van der Waals surface area contributed by atoms with Crippen molar-refractivity contribution in [2.75, 3.05) is 14.2 Å². The molecule has 0 aliphatic rings. The van der Waals surface area contributed by atoms with E-state index in [0.717, 1.165) is 16.9 Å². The smallest absolute Gasteiger partial charge is 0.0134 e. The first-order valence-corrected chi connectivity index (χ1v) is 30.9. The standard InChI is InChI=1S/C20H20NO2P.2C18H15P.2Cu.2HI/c1-15-12-13-21-20(14-15)24(18-8-4-16(22-2)5-9-18)19-10-6-17(23-3)7-11-19;2*1-4-10-16(11-5-1)19(17-12-6-2-7-13-17)18-14-8-3-9-15-18;;;;/h4-14H,1-3H3;2*1-15H;;;2*1H/q;;;2*+1;;/p-2. The first-order chi connectivity index (χ1) is 32.6. The van der Waals surface area contributed by atoms with Gasteiger partial charge < -0.3 is 9.47 Å². The van der Waals surface area contributed by atoms with Crippen molar-refractivity contribution >= 4 is 112 Å². The normalized spacial score (nSPS) is 10.2. The fourth-order valence-electron chi connectivity index (χ4n) is 6.88. The third-order valence-corrected chi connectivity index (χ3v) is 17.1. The number of aryl methyl sites for hydroxylation is 1. The van der Waals surface area contributed by atoms with Gasteiger partial charge in [0.2, 0.25) is 0 Å². The topological polar surface area (TPSA) is 31.4 Å². The summed E-state index contributed by atoms with van der Waals surface area (Å²) in [5.41, 5.74) is 2.31. The molecule has 0 fully saturated rings. The molecule has 0 saturated carbocycles. The van der Waals surface area contributed by atoms with Crippen molar-refractivity contribution in [3.8, 4) is 11.5 Å². The molecule has 0 spiro atoms. The van der Waals surface area contributed by atoms with E-state index in [4.69, 9.17) is 9.47 Å².